The molecule has 3 aromatic rings. The molecule has 0 aliphatic heterocycles. The van der Waals surface area contributed by atoms with Gasteiger partial charge in [0.25, 0.3) is 5.91 Å². The van der Waals surface area contributed by atoms with Crippen molar-refractivity contribution in [3.63, 3.8) is 0 Å². The minimum atomic E-state index is -0.299. The highest BCUT2D eigenvalue weighted by Gasteiger charge is 2.18. The van der Waals surface area contributed by atoms with Crippen LogP contribution in [0.1, 0.15) is 34.8 Å². The maximum Gasteiger partial charge on any atom is 0.255 e. The molecule has 1 atom stereocenters. The molecule has 130 valence electrons. The number of anilines is 1. The van der Waals surface area contributed by atoms with Crippen LogP contribution in [0.15, 0.2) is 34.9 Å². The number of amides is 1. The Morgan fingerprint density at radius 3 is 2.76 bits per heavy atom. The molecule has 1 amide bonds. The molecule has 0 saturated carbocycles. The smallest absolute Gasteiger partial charge is 0.255 e. The van der Waals surface area contributed by atoms with E-state index in [0.29, 0.717) is 28.0 Å². The quantitative estimate of drug-likeness (QED) is 0.769. The van der Waals surface area contributed by atoms with Crippen molar-refractivity contribution >= 4 is 34.4 Å². The van der Waals surface area contributed by atoms with E-state index in [1.807, 2.05) is 39.2 Å². The lowest BCUT2D eigenvalue weighted by Gasteiger charge is -2.14. The van der Waals surface area contributed by atoms with Gasteiger partial charge in [0.1, 0.15) is 11.3 Å². The van der Waals surface area contributed by atoms with Crippen LogP contribution in [0, 0.1) is 6.92 Å². The fraction of sp³-hybridized carbons (Fsp3) is 0.278. The van der Waals surface area contributed by atoms with Gasteiger partial charge >= 0.3 is 0 Å². The third-order valence-corrected chi connectivity index (χ3v) is 4.12. The van der Waals surface area contributed by atoms with Gasteiger partial charge in [-0.25, -0.2) is 9.97 Å². The Balaban J connectivity index is 1.79. The number of aromatic nitrogens is 2. The first-order valence-corrected chi connectivity index (χ1v) is 8.24. The highest BCUT2D eigenvalue weighted by Crippen LogP contribution is 2.26. The zero-order valence-corrected chi connectivity index (χ0v) is 15.3. The molecule has 0 saturated heterocycles. The van der Waals surface area contributed by atoms with Crippen molar-refractivity contribution in [2.75, 3.05) is 19.0 Å². The van der Waals surface area contributed by atoms with Gasteiger partial charge in [0.15, 0.2) is 0 Å². The minimum absolute atomic E-state index is 0.242. The molecule has 0 fully saturated rings. The number of carbonyl (C=O) groups is 1. The van der Waals surface area contributed by atoms with Crippen LogP contribution >= 0.6 is 11.6 Å². The topological polar surface area (TPSA) is 71.3 Å². The normalized spacial score (nSPS) is 12.2. The molecule has 3 rings (SSSR count). The first-order valence-electron chi connectivity index (χ1n) is 7.86. The fourth-order valence-corrected chi connectivity index (χ4v) is 2.67. The zero-order chi connectivity index (χ0) is 18.1. The van der Waals surface area contributed by atoms with Gasteiger partial charge in [-0.3, -0.25) is 4.79 Å². The van der Waals surface area contributed by atoms with Gasteiger partial charge < -0.3 is 14.6 Å². The fourth-order valence-electron chi connectivity index (χ4n) is 2.49. The van der Waals surface area contributed by atoms with Crippen LogP contribution in [0.25, 0.3) is 11.0 Å². The van der Waals surface area contributed by atoms with Crippen molar-refractivity contribution in [1.82, 2.24) is 15.3 Å². The van der Waals surface area contributed by atoms with E-state index in [1.54, 1.807) is 17.9 Å². The molecule has 7 heteroatoms. The van der Waals surface area contributed by atoms with E-state index < -0.39 is 0 Å². The average Bonchev–Trinajstić information content (AvgIpc) is 2.97. The summed E-state index contributed by atoms with van der Waals surface area (Å²) in [5.41, 5.74) is 1.80. The SMILES string of the molecule is Cc1nc(N(C)C)ncc1C(=O)N[C@H](C)c1cc2cc(Cl)ccc2o1. The Morgan fingerprint density at radius 2 is 2.08 bits per heavy atom. The van der Waals surface area contributed by atoms with E-state index in [2.05, 4.69) is 15.3 Å². The lowest BCUT2D eigenvalue weighted by atomic mass is 10.2. The van der Waals surface area contributed by atoms with E-state index >= 15 is 0 Å². The molecule has 0 aliphatic carbocycles. The molecule has 1 N–H and O–H groups in total. The third-order valence-electron chi connectivity index (χ3n) is 3.88. The van der Waals surface area contributed by atoms with Crippen LogP contribution in [-0.2, 0) is 0 Å². The van der Waals surface area contributed by atoms with Gasteiger partial charge in [-0.15, -0.1) is 0 Å². The van der Waals surface area contributed by atoms with Crippen molar-refractivity contribution in [3.05, 3.63) is 52.5 Å². The highest BCUT2D eigenvalue weighted by molar-refractivity contribution is 6.31. The summed E-state index contributed by atoms with van der Waals surface area (Å²) in [5.74, 6) is 0.985. The highest BCUT2D eigenvalue weighted by atomic mass is 35.5. The number of hydrogen-bond donors (Lipinski definition) is 1. The number of benzene rings is 1. The molecule has 0 unspecified atom stereocenters. The van der Waals surface area contributed by atoms with E-state index in [1.165, 1.54) is 6.20 Å². The Labute approximate surface area is 150 Å². The van der Waals surface area contributed by atoms with Gasteiger partial charge in [0.2, 0.25) is 5.95 Å². The largest absolute Gasteiger partial charge is 0.459 e. The summed E-state index contributed by atoms with van der Waals surface area (Å²) in [7, 11) is 3.70. The molecule has 0 spiro atoms. The lowest BCUT2D eigenvalue weighted by Crippen LogP contribution is -2.28. The summed E-state index contributed by atoms with van der Waals surface area (Å²) < 4.78 is 5.79. The van der Waals surface area contributed by atoms with Gasteiger partial charge in [-0.2, -0.15) is 0 Å². The predicted molar refractivity (Wildman–Crippen MR) is 98.2 cm³/mol. The first-order chi connectivity index (χ1) is 11.8. The van der Waals surface area contributed by atoms with Gasteiger partial charge in [-0.1, -0.05) is 11.6 Å². The summed E-state index contributed by atoms with van der Waals surface area (Å²) >= 11 is 6.00. The number of nitrogens with zero attached hydrogens (tertiary/aromatic N) is 3. The van der Waals surface area contributed by atoms with Crippen molar-refractivity contribution in [3.8, 4) is 0 Å². The zero-order valence-electron chi connectivity index (χ0n) is 14.5. The third kappa shape index (κ3) is 3.58. The van der Waals surface area contributed by atoms with Crippen molar-refractivity contribution in [2.24, 2.45) is 0 Å². The summed E-state index contributed by atoms with van der Waals surface area (Å²) in [4.78, 5) is 22.9. The molecule has 2 aromatic heterocycles. The molecule has 2 heterocycles. The second-order valence-corrected chi connectivity index (χ2v) is 6.53. The van der Waals surface area contributed by atoms with Crippen LogP contribution in [0.4, 0.5) is 5.95 Å². The van der Waals surface area contributed by atoms with Gasteiger partial charge in [0.05, 0.1) is 17.3 Å². The average molecular weight is 359 g/mol. The van der Waals surface area contributed by atoms with Crippen LogP contribution < -0.4 is 10.2 Å². The second kappa shape index (κ2) is 6.72. The maximum absolute atomic E-state index is 12.5. The van der Waals surface area contributed by atoms with Gasteiger partial charge in [0, 0.05) is 30.7 Å². The van der Waals surface area contributed by atoms with Gasteiger partial charge in [-0.05, 0) is 38.1 Å². The standard InChI is InChI=1S/C18H19ClN4O2/c1-10-14(9-20-18(22-10)23(3)4)17(24)21-11(2)16-8-12-7-13(19)5-6-15(12)25-16/h5-9,11H,1-4H3,(H,21,24)/t11-/m1/s1. The number of carbonyl (C=O) groups excluding carboxylic acids is 1. The Bertz CT molecular complexity index is 936. The van der Waals surface area contributed by atoms with Crippen molar-refractivity contribution < 1.29 is 9.21 Å². The monoisotopic (exact) mass is 358 g/mol. The Morgan fingerprint density at radius 1 is 1.32 bits per heavy atom. The van der Waals surface area contributed by atoms with E-state index in [9.17, 15) is 4.79 Å². The number of furan rings is 1. The number of halogens is 1. The van der Waals surface area contributed by atoms with E-state index in [4.69, 9.17) is 16.0 Å². The van der Waals surface area contributed by atoms with Crippen molar-refractivity contribution in [2.45, 2.75) is 19.9 Å². The summed E-state index contributed by atoms with van der Waals surface area (Å²) in [6, 6.07) is 6.99. The van der Waals surface area contributed by atoms with Crippen LogP contribution in [-0.4, -0.2) is 30.0 Å². The molecule has 1 aromatic carbocycles. The van der Waals surface area contributed by atoms with Crippen LogP contribution in [0.3, 0.4) is 0 Å². The number of aryl methyl sites for hydroxylation is 1. The Hall–Kier alpha value is -2.60. The van der Waals surface area contributed by atoms with Crippen molar-refractivity contribution in [1.29, 1.82) is 0 Å². The lowest BCUT2D eigenvalue weighted by molar-refractivity contribution is 0.0934. The Kier molecular flexibility index (Phi) is 4.63. The molecule has 6 nitrogen and oxygen atoms in total. The minimum Gasteiger partial charge on any atom is -0.459 e. The molecular weight excluding hydrogens is 340 g/mol. The number of rotatable bonds is 4. The number of nitrogens with one attached hydrogen (secondary N) is 1. The molecule has 0 aliphatic rings. The second-order valence-electron chi connectivity index (χ2n) is 6.09. The predicted octanol–water partition coefficient (Wildman–Crippen LogP) is 3.74. The number of hydrogen-bond acceptors (Lipinski definition) is 5. The summed E-state index contributed by atoms with van der Waals surface area (Å²) in [5, 5.41) is 4.46. The maximum atomic E-state index is 12.5. The molecule has 25 heavy (non-hydrogen) atoms. The van der Waals surface area contributed by atoms with E-state index in [-0.39, 0.29) is 11.9 Å². The molecular formula is C18H19ClN4O2. The van der Waals surface area contributed by atoms with Crippen LogP contribution in [0.5, 0.6) is 0 Å². The van der Waals surface area contributed by atoms with Crippen LogP contribution in [0.2, 0.25) is 5.02 Å². The molecule has 0 bridgehead atoms. The first kappa shape index (κ1) is 17.2. The summed E-state index contributed by atoms with van der Waals surface area (Å²) in [6.45, 7) is 3.65. The molecule has 0 radical (unpaired) electrons. The number of fused-ring (bicyclic) bond motifs is 1. The summed E-state index contributed by atoms with van der Waals surface area (Å²) in [6.07, 6.45) is 1.54. The van der Waals surface area contributed by atoms with E-state index in [0.717, 1.165) is 11.0 Å².